The molecule has 1 unspecified atom stereocenters. The largest absolute Gasteiger partial charge is 0.392 e. The lowest BCUT2D eigenvalue weighted by Crippen LogP contribution is -2.60. The van der Waals surface area contributed by atoms with E-state index in [-0.39, 0.29) is 36.3 Å². The Bertz CT molecular complexity index is 3200. The highest BCUT2D eigenvalue weighted by Crippen LogP contribution is 2.53. The van der Waals surface area contributed by atoms with E-state index in [0.29, 0.717) is 81.4 Å². The van der Waals surface area contributed by atoms with Crippen LogP contribution in [0.2, 0.25) is 0 Å². The number of piperidine rings is 2. The highest BCUT2D eigenvalue weighted by atomic mass is 16.3. The van der Waals surface area contributed by atoms with Crippen LogP contribution in [0.5, 0.6) is 0 Å². The summed E-state index contributed by atoms with van der Waals surface area (Å²) in [5, 5.41) is 16.3. The summed E-state index contributed by atoms with van der Waals surface area (Å²) in [5.41, 5.74) is 8.13. The van der Waals surface area contributed by atoms with Crippen LogP contribution in [0.25, 0.3) is 11.1 Å². The first-order chi connectivity index (χ1) is 35.1. The number of anilines is 5. The SMILES string of the molecule is C[C@H]1CC2(CCN1c1ccc(Nc3cc(-c4ccnc(N5CCn6c(cc7c6CC(C)(C)C7)C5=O)c4CO)cn(C)c3=O)nc1)CC(N1CCN(c3ccc4c(c3)C(=O)N(C3CCC(=O)NC3=O)C4=O)CC1)C2. The molecular formula is C55H61N11O7. The lowest BCUT2D eigenvalue weighted by Gasteiger charge is -2.58. The number of aliphatic hydroxyl groups excluding tert-OH is 1. The third kappa shape index (κ3) is 8.00. The van der Waals surface area contributed by atoms with Crippen LogP contribution in [0.4, 0.5) is 28.7 Å². The Morgan fingerprint density at radius 1 is 0.808 bits per heavy atom. The average molecular weight is 988 g/mol. The second-order valence-electron chi connectivity index (χ2n) is 22.3. The van der Waals surface area contributed by atoms with Crippen LogP contribution in [-0.2, 0) is 42.6 Å². The Kier molecular flexibility index (Phi) is 11.2. The molecule has 7 aliphatic rings. The molecule has 12 rings (SSSR count). The van der Waals surface area contributed by atoms with E-state index in [0.717, 1.165) is 87.5 Å². The number of carbonyl (C=O) groups is 5. The third-order valence-electron chi connectivity index (χ3n) is 17.0. The molecular weight excluding hydrogens is 927 g/mol. The molecule has 4 aromatic heterocycles. The van der Waals surface area contributed by atoms with Gasteiger partial charge < -0.3 is 29.4 Å². The predicted octanol–water partition coefficient (Wildman–Crippen LogP) is 5.03. The fourth-order valence-corrected chi connectivity index (χ4v) is 13.3. The second-order valence-corrected chi connectivity index (χ2v) is 22.3. The van der Waals surface area contributed by atoms with Crippen molar-refractivity contribution in [2.45, 2.75) is 103 Å². The quantitative estimate of drug-likeness (QED) is 0.167. The van der Waals surface area contributed by atoms with Crippen LogP contribution in [0, 0.1) is 10.8 Å². The zero-order chi connectivity index (χ0) is 50.7. The number of fused-ring (bicyclic) bond motifs is 4. The van der Waals surface area contributed by atoms with E-state index in [1.54, 1.807) is 42.5 Å². The number of aryl methyl sites for hydroxylation is 1. The lowest BCUT2D eigenvalue weighted by molar-refractivity contribution is -0.136. The molecule has 3 N–H and O–H groups in total. The molecule has 1 aromatic carbocycles. The first-order valence-corrected chi connectivity index (χ1v) is 25.7. The van der Waals surface area contributed by atoms with Crippen molar-refractivity contribution in [2.75, 3.05) is 59.3 Å². The van der Waals surface area contributed by atoms with Gasteiger partial charge in [-0.15, -0.1) is 0 Å². The van der Waals surface area contributed by atoms with E-state index in [9.17, 15) is 33.9 Å². The van der Waals surface area contributed by atoms with Gasteiger partial charge in [-0.05, 0) is 122 Å². The van der Waals surface area contributed by atoms with Gasteiger partial charge in [-0.1, -0.05) is 13.8 Å². The number of hydrogen-bond acceptors (Lipinski definition) is 13. The molecule has 18 heteroatoms. The molecule has 5 aliphatic heterocycles. The second kappa shape index (κ2) is 17.5. The van der Waals surface area contributed by atoms with Gasteiger partial charge in [0.15, 0.2) is 0 Å². The van der Waals surface area contributed by atoms with Crippen molar-refractivity contribution in [3.8, 4) is 11.1 Å². The number of nitrogens with one attached hydrogen (secondary N) is 2. The van der Waals surface area contributed by atoms with Gasteiger partial charge >= 0.3 is 0 Å². The van der Waals surface area contributed by atoms with Crippen molar-refractivity contribution < 1.29 is 29.1 Å². The standard InChI is InChI=1S/C55H61N11O7/c1-32-24-55(26-37(27-55)62-17-15-61(16-18-62)35-5-7-39-40(23-35)51(71)66(50(39)70)43-8-10-47(68)59-49(43)69)12-14-63(32)36-6-9-46(57-29-36)58-42-21-34(30-60(4)52(42)72)38-11-13-56-48(41(38)31-67)65-20-19-64-44(53(65)73)22-33-25-54(2,3)28-45(33)64/h5-7,9,11,13,21-23,29-30,32,37,43,67H,8,10,12,14-20,24-28,31H2,1-4H3,(H,57,58)(H,59,68,69)/t32-,37?,43?,55?/m0/s1. The van der Waals surface area contributed by atoms with Gasteiger partial charge in [0, 0.05) is 106 Å². The summed E-state index contributed by atoms with van der Waals surface area (Å²) in [5.74, 6) is -1.16. The van der Waals surface area contributed by atoms with Gasteiger partial charge in [0.25, 0.3) is 23.3 Å². The maximum atomic E-state index is 14.0. The number of hydrogen-bond donors (Lipinski definition) is 3. The highest BCUT2D eigenvalue weighted by Gasteiger charge is 2.50. The van der Waals surface area contributed by atoms with Crippen LogP contribution in [0.15, 0.2) is 71.9 Å². The van der Waals surface area contributed by atoms with Crippen LogP contribution >= 0.6 is 0 Å². The summed E-state index contributed by atoms with van der Waals surface area (Å²) < 4.78 is 3.68. The van der Waals surface area contributed by atoms with Crippen molar-refractivity contribution in [3.05, 3.63) is 111 Å². The number of nitrogens with zero attached hydrogens (tertiary/aromatic N) is 9. The molecule has 5 aromatic rings. The smallest absolute Gasteiger partial charge is 0.276 e. The van der Waals surface area contributed by atoms with Gasteiger partial charge in [-0.2, -0.15) is 0 Å². The fraction of sp³-hybridized carbons (Fsp3) is 0.455. The highest BCUT2D eigenvalue weighted by molar-refractivity contribution is 6.23. The predicted molar refractivity (Wildman–Crippen MR) is 274 cm³/mol. The van der Waals surface area contributed by atoms with Gasteiger partial charge in [0.2, 0.25) is 11.8 Å². The first kappa shape index (κ1) is 46.9. The number of carbonyl (C=O) groups excluding carboxylic acids is 5. The number of aliphatic hydroxyl groups is 1. The molecule has 1 spiro atoms. The molecule has 2 aliphatic carbocycles. The minimum atomic E-state index is -0.983. The van der Waals surface area contributed by atoms with Crippen LogP contribution in [0.3, 0.4) is 0 Å². The zero-order valence-electron chi connectivity index (χ0n) is 41.8. The zero-order valence-corrected chi connectivity index (χ0v) is 41.8. The molecule has 73 heavy (non-hydrogen) atoms. The van der Waals surface area contributed by atoms with Gasteiger partial charge in [0.1, 0.15) is 29.1 Å². The molecule has 1 saturated carbocycles. The Hall–Kier alpha value is -7.18. The minimum Gasteiger partial charge on any atom is -0.392 e. The number of pyridine rings is 3. The average Bonchev–Trinajstić information content (AvgIpc) is 3.96. The van der Waals surface area contributed by atoms with E-state index in [4.69, 9.17) is 4.98 Å². The van der Waals surface area contributed by atoms with E-state index in [2.05, 4.69) is 61.7 Å². The normalized spacial score (nSPS) is 24.7. The van der Waals surface area contributed by atoms with Crippen LogP contribution in [0.1, 0.15) is 107 Å². The van der Waals surface area contributed by atoms with Crippen molar-refractivity contribution in [1.29, 1.82) is 0 Å². The van der Waals surface area contributed by atoms with Crippen molar-refractivity contribution in [2.24, 2.45) is 17.9 Å². The number of imide groups is 2. The van der Waals surface area contributed by atoms with E-state index < -0.39 is 29.7 Å². The maximum absolute atomic E-state index is 14.0. The van der Waals surface area contributed by atoms with Crippen molar-refractivity contribution in [3.63, 3.8) is 0 Å². The van der Waals surface area contributed by atoms with Crippen LogP contribution < -0.4 is 30.9 Å². The summed E-state index contributed by atoms with van der Waals surface area (Å²) in [6.07, 6.45) is 11.9. The summed E-state index contributed by atoms with van der Waals surface area (Å²) in [7, 11) is 1.70. The lowest BCUT2D eigenvalue weighted by atomic mass is 9.58. The molecule has 3 saturated heterocycles. The fourth-order valence-electron chi connectivity index (χ4n) is 13.3. The Labute approximate surface area is 423 Å². The van der Waals surface area contributed by atoms with E-state index >= 15 is 0 Å². The Morgan fingerprint density at radius 3 is 2.33 bits per heavy atom. The summed E-state index contributed by atoms with van der Waals surface area (Å²) in [6.45, 7) is 11.9. The molecule has 5 amide bonds. The Balaban J connectivity index is 0.657. The summed E-state index contributed by atoms with van der Waals surface area (Å²) in [4.78, 5) is 97.9. The minimum absolute atomic E-state index is 0.0858. The molecule has 4 fully saturated rings. The van der Waals surface area contributed by atoms with Crippen molar-refractivity contribution in [1.82, 2.24) is 34.2 Å². The Morgan fingerprint density at radius 2 is 1.59 bits per heavy atom. The molecule has 9 heterocycles. The van der Waals surface area contributed by atoms with E-state index in [1.807, 2.05) is 30.5 Å². The van der Waals surface area contributed by atoms with Crippen LogP contribution in [-0.4, -0.2) is 121 Å². The first-order valence-electron chi connectivity index (χ1n) is 25.7. The number of rotatable bonds is 9. The number of piperazine rings is 1. The topological polar surface area (TPSA) is 199 Å². The third-order valence-corrected chi connectivity index (χ3v) is 17.0. The summed E-state index contributed by atoms with van der Waals surface area (Å²) >= 11 is 0. The number of benzene rings is 1. The maximum Gasteiger partial charge on any atom is 0.276 e. The van der Waals surface area contributed by atoms with Crippen molar-refractivity contribution >= 4 is 58.2 Å². The number of aromatic nitrogens is 4. The summed E-state index contributed by atoms with van der Waals surface area (Å²) in [6, 6.07) is 14.8. The number of amides is 5. The molecule has 378 valence electrons. The molecule has 18 nitrogen and oxygen atoms in total. The molecule has 0 bridgehead atoms. The van der Waals surface area contributed by atoms with E-state index in [1.165, 1.54) is 15.8 Å². The van der Waals surface area contributed by atoms with Gasteiger partial charge in [0.05, 0.1) is 29.6 Å². The van der Waals surface area contributed by atoms with Gasteiger partial charge in [-0.3, -0.25) is 48.8 Å². The monoisotopic (exact) mass is 987 g/mol. The van der Waals surface area contributed by atoms with Gasteiger partial charge in [-0.25, -0.2) is 9.97 Å². The molecule has 2 atom stereocenters. The molecule has 0 radical (unpaired) electrons.